The number of carbonyl (C=O) groups is 2. The van der Waals surface area contributed by atoms with E-state index in [0.29, 0.717) is 6.42 Å². The average molecular weight is 234 g/mol. The van der Waals surface area contributed by atoms with Crippen molar-refractivity contribution in [1.82, 2.24) is 0 Å². The van der Waals surface area contributed by atoms with Crippen molar-refractivity contribution in [1.29, 1.82) is 0 Å². The minimum absolute atomic E-state index is 0.0781. The zero-order chi connectivity index (χ0) is 12.2. The first-order valence-electron chi connectivity index (χ1n) is 7.10. The Labute approximate surface area is 103 Å². The SMILES string of the molecule is CC1C2CC(CC3CC(=O)CC3=O)C(C2)C1C. The molecule has 0 spiro atoms. The van der Waals surface area contributed by atoms with Gasteiger partial charge in [0.15, 0.2) is 0 Å². The zero-order valence-corrected chi connectivity index (χ0v) is 10.8. The van der Waals surface area contributed by atoms with Gasteiger partial charge in [0, 0.05) is 12.3 Å². The van der Waals surface area contributed by atoms with Crippen molar-refractivity contribution in [3.8, 4) is 0 Å². The lowest BCUT2D eigenvalue weighted by Gasteiger charge is -2.32. The quantitative estimate of drug-likeness (QED) is 0.688. The van der Waals surface area contributed by atoms with E-state index in [0.717, 1.165) is 36.0 Å². The topological polar surface area (TPSA) is 34.1 Å². The molecule has 17 heavy (non-hydrogen) atoms. The van der Waals surface area contributed by atoms with Crippen LogP contribution >= 0.6 is 0 Å². The van der Waals surface area contributed by atoms with E-state index in [-0.39, 0.29) is 23.9 Å². The number of fused-ring (bicyclic) bond motifs is 2. The number of Topliss-reactive ketones (excluding diaryl/α,β-unsaturated/α-hetero) is 2. The Balaban J connectivity index is 1.65. The number of rotatable bonds is 2. The van der Waals surface area contributed by atoms with Gasteiger partial charge in [-0.15, -0.1) is 0 Å². The first-order chi connectivity index (χ1) is 8.06. The summed E-state index contributed by atoms with van der Waals surface area (Å²) in [6.07, 6.45) is 4.45. The lowest BCUT2D eigenvalue weighted by Crippen LogP contribution is -2.26. The Hall–Kier alpha value is -0.660. The molecule has 0 heterocycles. The van der Waals surface area contributed by atoms with Crippen molar-refractivity contribution < 1.29 is 9.59 Å². The molecule has 3 aliphatic carbocycles. The monoisotopic (exact) mass is 234 g/mol. The molecular weight excluding hydrogens is 212 g/mol. The van der Waals surface area contributed by atoms with Gasteiger partial charge in [-0.1, -0.05) is 13.8 Å². The van der Waals surface area contributed by atoms with Crippen LogP contribution < -0.4 is 0 Å². The third-order valence-corrected chi connectivity index (χ3v) is 5.92. The van der Waals surface area contributed by atoms with Crippen molar-refractivity contribution >= 4 is 11.6 Å². The van der Waals surface area contributed by atoms with Crippen LogP contribution in [0.25, 0.3) is 0 Å². The van der Waals surface area contributed by atoms with Crippen molar-refractivity contribution in [3.05, 3.63) is 0 Å². The fourth-order valence-corrected chi connectivity index (χ4v) is 4.75. The van der Waals surface area contributed by atoms with Crippen molar-refractivity contribution in [2.24, 2.45) is 35.5 Å². The van der Waals surface area contributed by atoms with E-state index in [4.69, 9.17) is 0 Å². The second-order valence-corrected chi connectivity index (χ2v) is 6.69. The molecule has 0 saturated heterocycles. The van der Waals surface area contributed by atoms with Crippen LogP contribution in [0.4, 0.5) is 0 Å². The Kier molecular flexibility index (Phi) is 2.64. The van der Waals surface area contributed by atoms with Crippen LogP contribution in [0.2, 0.25) is 0 Å². The largest absolute Gasteiger partial charge is 0.299 e. The van der Waals surface area contributed by atoms with Gasteiger partial charge in [0.25, 0.3) is 0 Å². The summed E-state index contributed by atoms with van der Waals surface area (Å²) in [7, 11) is 0. The fourth-order valence-electron chi connectivity index (χ4n) is 4.75. The average Bonchev–Trinajstić information content (AvgIpc) is 2.88. The van der Waals surface area contributed by atoms with E-state index >= 15 is 0 Å². The highest BCUT2D eigenvalue weighted by Gasteiger charge is 2.49. The molecule has 6 atom stereocenters. The molecule has 2 heteroatoms. The Morgan fingerprint density at radius 3 is 2.41 bits per heavy atom. The first kappa shape index (κ1) is 11.4. The number of carbonyl (C=O) groups excluding carboxylic acids is 2. The van der Waals surface area contributed by atoms with Gasteiger partial charge < -0.3 is 0 Å². The summed E-state index contributed by atoms with van der Waals surface area (Å²) >= 11 is 0. The van der Waals surface area contributed by atoms with Crippen LogP contribution in [0.15, 0.2) is 0 Å². The zero-order valence-electron chi connectivity index (χ0n) is 10.8. The van der Waals surface area contributed by atoms with Gasteiger partial charge in [-0.3, -0.25) is 9.59 Å². The molecule has 94 valence electrons. The van der Waals surface area contributed by atoms with Crippen molar-refractivity contribution in [3.63, 3.8) is 0 Å². The van der Waals surface area contributed by atoms with E-state index in [1.165, 1.54) is 12.8 Å². The minimum atomic E-state index is 0.0781. The van der Waals surface area contributed by atoms with Crippen LogP contribution in [0.5, 0.6) is 0 Å². The van der Waals surface area contributed by atoms with Crippen molar-refractivity contribution in [2.75, 3.05) is 0 Å². The highest BCUT2D eigenvalue weighted by Crippen LogP contribution is 2.56. The van der Waals surface area contributed by atoms with Crippen LogP contribution in [0.3, 0.4) is 0 Å². The standard InChI is InChI=1S/C15H22O2/c1-8-9(2)14-6-10(8)3-11(14)4-12-5-13(16)7-15(12)17/h8-12,14H,3-7H2,1-2H3. The summed E-state index contributed by atoms with van der Waals surface area (Å²) < 4.78 is 0. The maximum atomic E-state index is 11.7. The second-order valence-electron chi connectivity index (χ2n) is 6.69. The van der Waals surface area contributed by atoms with Gasteiger partial charge in [-0.25, -0.2) is 0 Å². The Morgan fingerprint density at radius 2 is 1.88 bits per heavy atom. The molecule has 2 nitrogen and oxygen atoms in total. The molecule has 6 unspecified atom stereocenters. The summed E-state index contributed by atoms with van der Waals surface area (Å²) in [4.78, 5) is 23.0. The smallest absolute Gasteiger partial charge is 0.143 e. The summed E-state index contributed by atoms with van der Waals surface area (Å²) in [5.74, 6) is 4.62. The normalized spacial score (nSPS) is 49.3. The summed E-state index contributed by atoms with van der Waals surface area (Å²) in [5.41, 5.74) is 0. The van der Waals surface area contributed by atoms with E-state index in [9.17, 15) is 9.59 Å². The summed E-state index contributed by atoms with van der Waals surface area (Å²) in [6, 6.07) is 0. The van der Waals surface area contributed by atoms with Crippen LogP contribution in [0.1, 0.15) is 46.0 Å². The van der Waals surface area contributed by atoms with Gasteiger partial charge in [0.1, 0.15) is 11.6 Å². The minimum Gasteiger partial charge on any atom is -0.299 e. The number of hydrogen-bond acceptors (Lipinski definition) is 2. The number of ketones is 2. The van der Waals surface area contributed by atoms with E-state index < -0.39 is 0 Å². The van der Waals surface area contributed by atoms with Gasteiger partial charge in [0.05, 0.1) is 6.42 Å². The fraction of sp³-hybridized carbons (Fsp3) is 0.867. The molecule has 0 radical (unpaired) electrons. The second kappa shape index (κ2) is 3.93. The van der Waals surface area contributed by atoms with Gasteiger partial charge >= 0.3 is 0 Å². The molecule has 0 aromatic heterocycles. The van der Waals surface area contributed by atoms with Crippen molar-refractivity contribution in [2.45, 2.75) is 46.0 Å². The third-order valence-electron chi connectivity index (χ3n) is 5.92. The predicted octanol–water partition coefficient (Wildman–Crippen LogP) is 2.85. The molecule has 0 aromatic carbocycles. The lowest BCUT2D eigenvalue weighted by atomic mass is 9.72. The molecule has 0 N–H and O–H groups in total. The lowest BCUT2D eigenvalue weighted by molar-refractivity contribution is -0.123. The van der Waals surface area contributed by atoms with Crippen LogP contribution in [-0.2, 0) is 9.59 Å². The Bertz CT molecular complexity index is 358. The Morgan fingerprint density at radius 1 is 1.12 bits per heavy atom. The summed E-state index contributed by atoms with van der Waals surface area (Å²) in [6.45, 7) is 4.76. The maximum Gasteiger partial charge on any atom is 0.143 e. The molecule has 3 rings (SSSR count). The first-order valence-corrected chi connectivity index (χ1v) is 7.10. The van der Waals surface area contributed by atoms with Crippen LogP contribution in [-0.4, -0.2) is 11.6 Å². The summed E-state index contributed by atoms with van der Waals surface area (Å²) in [5, 5.41) is 0. The third kappa shape index (κ3) is 1.76. The van der Waals surface area contributed by atoms with Crippen LogP contribution in [0, 0.1) is 35.5 Å². The van der Waals surface area contributed by atoms with E-state index in [2.05, 4.69) is 13.8 Å². The van der Waals surface area contributed by atoms with Gasteiger partial charge in [-0.05, 0) is 48.9 Å². The molecule has 0 amide bonds. The number of hydrogen-bond donors (Lipinski definition) is 0. The molecule has 2 bridgehead atoms. The highest BCUT2D eigenvalue weighted by molar-refractivity contribution is 6.06. The molecule has 3 saturated carbocycles. The molecule has 3 aliphatic rings. The van der Waals surface area contributed by atoms with Gasteiger partial charge in [-0.2, -0.15) is 0 Å². The molecular formula is C15H22O2. The molecule has 0 aliphatic heterocycles. The van der Waals surface area contributed by atoms with E-state index in [1.807, 2.05) is 0 Å². The van der Waals surface area contributed by atoms with E-state index in [1.54, 1.807) is 0 Å². The predicted molar refractivity (Wildman–Crippen MR) is 65.4 cm³/mol. The molecule has 0 aromatic rings. The maximum absolute atomic E-state index is 11.7. The van der Waals surface area contributed by atoms with Gasteiger partial charge in [0.2, 0.25) is 0 Å². The molecule has 3 fully saturated rings. The highest BCUT2D eigenvalue weighted by atomic mass is 16.2.